The maximum atomic E-state index is 10.5. The van der Waals surface area contributed by atoms with E-state index in [4.69, 9.17) is 14.6 Å². The van der Waals surface area contributed by atoms with Gasteiger partial charge >= 0.3 is 6.09 Å². The molecular weight excluding hydrogens is 418 g/mol. The molecule has 2 heterocycles. The molecule has 0 spiro atoms. The number of aromatic nitrogens is 3. The summed E-state index contributed by atoms with van der Waals surface area (Å²) in [6.45, 7) is 0.696. The molecule has 3 N–H and O–H groups in total. The minimum absolute atomic E-state index is 0.277. The van der Waals surface area contributed by atoms with Crippen LogP contribution in [0.1, 0.15) is 0 Å². The number of nitrogens with one attached hydrogen (secondary N) is 2. The van der Waals surface area contributed by atoms with Crippen LogP contribution in [0.5, 0.6) is 11.5 Å². The Bertz CT molecular complexity index is 975. The molecular formula is C17H18BrN5O4. The van der Waals surface area contributed by atoms with Crippen LogP contribution in [-0.4, -0.2) is 52.9 Å². The first kappa shape index (κ1) is 18.8. The smallest absolute Gasteiger partial charge is 0.404 e. The fraction of sp³-hybridized carbons (Fsp3) is 0.235. The number of nitrogens with zero attached hydrogens (tertiary/aromatic N) is 3. The molecule has 0 aliphatic carbocycles. The van der Waals surface area contributed by atoms with E-state index in [2.05, 4.69) is 36.5 Å². The average Bonchev–Trinajstić information content (AvgIpc) is 3.08. The number of carbonyl (C=O) groups is 1. The summed E-state index contributed by atoms with van der Waals surface area (Å²) in [7, 11) is 3.18. The number of benzene rings is 1. The van der Waals surface area contributed by atoms with Crippen molar-refractivity contribution in [3.8, 4) is 22.8 Å². The van der Waals surface area contributed by atoms with Crippen molar-refractivity contribution in [2.24, 2.45) is 0 Å². The second kappa shape index (κ2) is 8.12. The van der Waals surface area contributed by atoms with Gasteiger partial charge in [0.25, 0.3) is 0 Å². The third-order valence-corrected chi connectivity index (χ3v) is 4.40. The molecule has 0 atom stereocenters. The molecule has 0 aliphatic rings. The lowest BCUT2D eigenvalue weighted by Gasteiger charge is -2.10. The van der Waals surface area contributed by atoms with Crippen LogP contribution in [0.4, 0.5) is 10.6 Å². The number of amides is 1. The monoisotopic (exact) mass is 435 g/mol. The number of ether oxygens (including phenoxy) is 2. The molecule has 0 fully saturated rings. The summed E-state index contributed by atoms with van der Waals surface area (Å²) in [5.41, 5.74) is 1.50. The van der Waals surface area contributed by atoms with Gasteiger partial charge < -0.3 is 25.2 Å². The van der Waals surface area contributed by atoms with Gasteiger partial charge in [-0.1, -0.05) is 0 Å². The third kappa shape index (κ3) is 4.22. The van der Waals surface area contributed by atoms with Gasteiger partial charge in [-0.05, 0) is 28.1 Å². The van der Waals surface area contributed by atoms with Crippen molar-refractivity contribution in [3.63, 3.8) is 0 Å². The van der Waals surface area contributed by atoms with E-state index in [9.17, 15) is 4.79 Å². The van der Waals surface area contributed by atoms with E-state index in [0.717, 1.165) is 10.0 Å². The first-order chi connectivity index (χ1) is 13.0. The van der Waals surface area contributed by atoms with Gasteiger partial charge in [-0.25, -0.2) is 9.78 Å². The zero-order valence-corrected chi connectivity index (χ0v) is 16.3. The Labute approximate surface area is 163 Å². The largest absolute Gasteiger partial charge is 0.496 e. The predicted octanol–water partition coefficient (Wildman–Crippen LogP) is 2.86. The fourth-order valence-electron chi connectivity index (χ4n) is 2.52. The maximum Gasteiger partial charge on any atom is 0.404 e. The number of rotatable bonds is 7. The Balaban J connectivity index is 1.86. The minimum Gasteiger partial charge on any atom is -0.496 e. The summed E-state index contributed by atoms with van der Waals surface area (Å²) in [4.78, 5) is 19.5. The molecule has 0 saturated heterocycles. The Kier molecular flexibility index (Phi) is 5.65. The van der Waals surface area contributed by atoms with Crippen LogP contribution in [0.25, 0.3) is 17.0 Å². The first-order valence-corrected chi connectivity index (χ1v) is 8.79. The van der Waals surface area contributed by atoms with Gasteiger partial charge in [0.15, 0.2) is 0 Å². The number of hydrogen-bond donors (Lipinski definition) is 3. The first-order valence-electron chi connectivity index (χ1n) is 8.00. The molecule has 27 heavy (non-hydrogen) atoms. The number of methoxy groups -OCH3 is 2. The Morgan fingerprint density at radius 3 is 2.70 bits per heavy atom. The van der Waals surface area contributed by atoms with Crippen LogP contribution < -0.4 is 20.1 Å². The predicted molar refractivity (Wildman–Crippen MR) is 104 cm³/mol. The quantitative estimate of drug-likeness (QED) is 0.489. The van der Waals surface area contributed by atoms with Gasteiger partial charge in [0.05, 0.1) is 24.4 Å². The van der Waals surface area contributed by atoms with Crippen molar-refractivity contribution in [2.45, 2.75) is 0 Å². The number of carboxylic acid groups (broad SMARTS) is 1. The maximum absolute atomic E-state index is 10.5. The lowest BCUT2D eigenvalue weighted by molar-refractivity contribution is 0.195. The van der Waals surface area contributed by atoms with Gasteiger partial charge in [0.1, 0.15) is 17.3 Å². The van der Waals surface area contributed by atoms with Crippen molar-refractivity contribution >= 4 is 33.6 Å². The topological polar surface area (TPSA) is 110 Å². The highest BCUT2D eigenvalue weighted by Gasteiger charge is 2.15. The van der Waals surface area contributed by atoms with E-state index in [1.54, 1.807) is 30.8 Å². The normalized spacial score (nSPS) is 10.6. The molecule has 0 aliphatic heterocycles. The average molecular weight is 436 g/mol. The van der Waals surface area contributed by atoms with Crippen molar-refractivity contribution < 1.29 is 19.4 Å². The number of imidazole rings is 1. The van der Waals surface area contributed by atoms with Crippen molar-refractivity contribution in [2.75, 3.05) is 32.6 Å². The summed E-state index contributed by atoms with van der Waals surface area (Å²) >= 11 is 3.48. The van der Waals surface area contributed by atoms with Crippen LogP contribution in [0, 0.1) is 0 Å². The van der Waals surface area contributed by atoms with Crippen LogP contribution in [0.15, 0.2) is 35.1 Å². The molecule has 1 aromatic carbocycles. The standard InChI is InChI=1S/C17H18BrN5O4/c1-26-13-8-14(27-2)11(18)7-10(13)12-9-23-6-3-15(22-16(23)21-12)19-4-5-20-17(24)25/h3,6-9,20H,4-5H2,1-2H3,(H,24,25)(H,19,21,22). The van der Waals surface area contributed by atoms with Crippen LogP contribution in [0.3, 0.4) is 0 Å². The van der Waals surface area contributed by atoms with E-state index in [0.29, 0.717) is 35.3 Å². The minimum atomic E-state index is -1.06. The molecule has 1 amide bonds. The van der Waals surface area contributed by atoms with Crippen LogP contribution in [-0.2, 0) is 0 Å². The van der Waals surface area contributed by atoms with Crippen molar-refractivity contribution in [3.05, 3.63) is 35.1 Å². The van der Waals surface area contributed by atoms with Gasteiger partial charge in [0.2, 0.25) is 5.78 Å². The van der Waals surface area contributed by atoms with Gasteiger partial charge in [-0.15, -0.1) is 0 Å². The van der Waals surface area contributed by atoms with Crippen LogP contribution in [0.2, 0.25) is 0 Å². The Morgan fingerprint density at radius 1 is 1.22 bits per heavy atom. The molecule has 0 bridgehead atoms. The lowest BCUT2D eigenvalue weighted by atomic mass is 10.1. The fourth-order valence-corrected chi connectivity index (χ4v) is 3.03. The van der Waals surface area contributed by atoms with E-state index in [1.165, 1.54) is 0 Å². The summed E-state index contributed by atoms with van der Waals surface area (Å²) in [6, 6.07) is 5.47. The summed E-state index contributed by atoms with van der Waals surface area (Å²) in [5, 5.41) is 13.9. The molecule has 0 radical (unpaired) electrons. The molecule has 10 heteroatoms. The molecule has 2 aromatic heterocycles. The van der Waals surface area contributed by atoms with Crippen molar-refractivity contribution in [1.29, 1.82) is 0 Å². The SMILES string of the molecule is COc1cc(OC)c(-c2cn3ccc(NCCNC(=O)O)nc3n2)cc1Br. The van der Waals surface area contributed by atoms with Gasteiger partial charge in [-0.3, -0.25) is 4.40 Å². The molecule has 9 nitrogen and oxygen atoms in total. The third-order valence-electron chi connectivity index (χ3n) is 3.78. The molecule has 0 saturated carbocycles. The highest BCUT2D eigenvalue weighted by Crippen LogP contribution is 2.38. The van der Waals surface area contributed by atoms with E-state index in [1.807, 2.05) is 18.5 Å². The molecule has 3 aromatic rings. The number of hydrogen-bond acceptors (Lipinski definition) is 6. The highest BCUT2D eigenvalue weighted by atomic mass is 79.9. The summed E-state index contributed by atoms with van der Waals surface area (Å²) in [5.74, 6) is 2.42. The summed E-state index contributed by atoms with van der Waals surface area (Å²) in [6.07, 6.45) is 2.63. The molecule has 3 rings (SSSR count). The number of fused-ring (bicyclic) bond motifs is 1. The zero-order valence-electron chi connectivity index (χ0n) is 14.7. The second-order valence-electron chi connectivity index (χ2n) is 5.49. The molecule has 0 unspecified atom stereocenters. The van der Waals surface area contributed by atoms with Crippen LogP contribution >= 0.6 is 15.9 Å². The highest BCUT2D eigenvalue weighted by molar-refractivity contribution is 9.10. The second-order valence-corrected chi connectivity index (χ2v) is 6.35. The van der Waals surface area contributed by atoms with E-state index in [-0.39, 0.29) is 6.54 Å². The van der Waals surface area contributed by atoms with E-state index >= 15 is 0 Å². The lowest BCUT2D eigenvalue weighted by Crippen LogP contribution is -2.27. The Morgan fingerprint density at radius 2 is 2.00 bits per heavy atom. The van der Waals surface area contributed by atoms with E-state index < -0.39 is 6.09 Å². The number of halogens is 1. The molecule has 142 valence electrons. The van der Waals surface area contributed by atoms with Gasteiger partial charge in [0, 0.05) is 37.1 Å². The Hall–Kier alpha value is -3.01. The van der Waals surface area contributed by atoms with Crippen molar-refractivity contribution in [1.82, 2.24) is 19.7 Å². The number of anilines is 1. The zero-order chi connectivity index (χ0) is 19.4. The summed E-state index contributed by atoms with van der Waals surface area (Å²) < 4.78 is 13.4. The van der Waals surface area contributed by atoms with Gasteiger partial charge in [-0.2, -0.15) is 4.98 Å².